The molecule has 6 heteroatoms. The summed E-state index contributed by atoms with van der Waals surface area (Å²) in [5.41, 5.74) is 2.29. The zero-order valence-corrected chi connectivity index (χ0v) is 15.3. The first-order valence-electron chi connectivity index (χ1n) is 9.54. The molecule has 4 rings (SSSR count). The predicted molar refractivity (Wildman–Crippen MR) is 100 cm³/mol. The second-order valence-corrected chi connectivity index (χ2v) is 7.76. The summed E-state index contributed by atoms with van der Waals surface area (Å²) in [6.45, 7) is 3.64. The molecule has 3 heterocycles. The van der Waals surface area contributed by atoms with Crippen LogP contribution in [0.2, 0.25) is 0 Å². The molecular formula is C20H26N4O2. The van der Waals surface area contributed by atoms with E-state index in [9.17, 15) is 9.59 Å². The molecule has 1 saturated carbocycles. The zero-order valence-electron chi connectivity index (χ0n) is 15.3. The van der Waals surface area contributed by atoms with Crippen LogP contribution >= 0.6 is 0 Å². The molecule has 1 saturated heterocycles. The van der Waals surface area contributed by atoms with E-state index in [2.05, 4.69) is 10.00 Å². The summed E-state index contributed by atoms with van der Waals surface area (Å²) < 4.78 is 3.31. The third-order valence-corrected chi connectivity index (χ3v) is 5.57. The number of aryl methyl sites for hydroxylation is 1. The summed E-state index contributed by atoms with van der Waals surface area (Å²) >= 11 is 0. The fourth-order valence-corrected chi connectivity index (χ4v) is 3.77. The van der Waals surface area contributed by atoms with Crippen LogP contribution in [-0.2, 0) is 20.1 Å². The predicted octanol–water partition coefficient (Wildman–Crippen LogP) is 1.73. The van der Waals surface area contributed by atoms with Crippen molar-refractivity contribution in [2.24, 2.45) is 13.0 Å². The second kappa shape index (κ2) is 7.19. The van der Waals surface area contributed by atoms with Gasteiger partial charge in [-0.15, -0.1) is 0 Å². The van der Waals surface area contributed by atoms with Gasteiger partial charge in [0.15, 0.2) is 0 Å². The molecule has 2 aromatic heterocycles. The molecule has 0 radical (unpaired) electrons. The Morgan fingerprint density at radius 1 is 1.00 bits per heavy atom. The highest BCUT2D eigenvalue weighted by atomic mass is 16.1. The number of aromatic nitrogens is 3. The summed E-state index contributed by atoms with van der Waals surface area (Å²) in [6.07, 6.45) is 6.48. The summed E-state index contributed by atoms with van der Waals surface area (Å²) in [4.78, 5) is 26.0. The Hall–Kier alpha value is -2.21. The SMILES string of the molecule is Cn1cc(CN2CCC(Cn3nc(C4CC4)ccc3=O)CC2)ccc1=O. The van der Waals surface area contributed by atoms with E-state index in [4.69, 9.17) is 0 Å². The van der Waals surface area contributed by atoms with Gasteiger partial charge in [0, 0.05) is 44.4 Å². The topological polar surface area (TPSA) is 60.1 Å². The third kappa shape index (κ3) is 3.96. The smallest absolute Gasteiger partial charge is 0.266 e. The van der Waals surface area contributed by atoms with Crippen molar-refractivity contribution in [2.75, 3.05) is 13.1 Å². The molecule has 2 fully saturated rings. The van der Waals surface area contributed by atoms with Gasteiger partial charge in [-0.1, -0.05) is 6.07 Å². The van der Waals surface area contributed by atoms with Gasteiger partial charge in [-0.2, -0.15) is 5.10 Å². The molecule has 26 heavy (non-hydrogen) atoms. The molecule has 2 aliphatic rings. The van der Waals surface area contributed by atoms with Crippen LogP contribution in [0.25, 0.3) is 0 Å². The van der Waals surface area contributed by atoms with Crippen molar-refractivity contribution < 1.29 is 0 Å². The van der Waals surface area contributed by atoms with E-state index >= 15 is 0 Å². The minimum Gasteiger partial charge on any atom is -0.318 e. The number of rotatable bonds is 5. The van der Waals surface area contributed by atoms with Gasteiger partial charge in [-0.25, -0.2) is 4.68 Å². The standard InChI is InChI=1S/C20H26N4O2/c1-22-12-16(2-6-19(22)25)13-23-10-8-15(9-11-23)14-24-20(26)7-5-18(21-24)17-3-4-17/h2,5-7,12,15,17H,3-4,8-11,13-14H2,1H3. The maximum atomic E-state index is 12.1. The highest BCUT2D eigenvalue weighted by Gasteiger charge is 2.26. The highest BCUT2D eigenvalue weighted by molar-refractivity contribution is 5.12. The largest absolute Gasteiger partial charge is 0.318 e. The fourth-order valence-electron chi connectivity index (χ4n) is 3.77. The molecule has 0 atom stereocenters. The van der Waals surface area contributed by atoms with Crippen LogP contribution in [0.5, 0.6) is 0 Å². The van der Waals surface area contributed by atoms with Crippen LogP contribution in [0, 0.1) is 5.92 Å². The lowest BCUT2D eigenvalue weighted by Crippen LogP contribution is -2.36. The Kier molecular flexibility index (Phi) is 4.76. The van der Waals surface area contributed by atoms with Gasteiger partial charge in [0.25, 0.3) is 5.56 Å². The first-order valence-corrected chi connectivity index (χ1v) is 9.54. The average molecular weight is 354 g/mol. The van der Waals surface area contributed by atoms with Gasteiger partial charge in [-0.05, 0) is 56.3 Å². The van der Waals surface area contributed by atoms with Crippen LogP contribution in [-0.4, -0.2) is 32.3 Å². The number of likely N-dealkylation sites (tertiary alicyclic amines) is 1. The number of pyridine rings is 1. The Balaban J connectivity index is 1.33. The average Bonchev–Trinajstić information content (AvgIpc) is 3.47. The molecule has 1 aliphatic heterocycles. The Morgan fingerprint density at radius 3 is 2.42 bits per heavy atom. The molecular weight excluding hydrogens is 328 g/mol. The monoisotopic (exact) mass is 354 g/mol. The maximum absolute atomic E-state index is 12.1. The number of hydrogen-bond donors (Lipinski definition) is 0. The van der Waals surface area contributed by atoms with Crippen molar-refractivity contribution >= 4 is 0 Å². The normalized spacial score (nSPS) is 19.0. The molecule has 0 aromatic carbocycles. The summed E-state index contributed by atoms with van der Waals surface area (Å²) in [6, 6.07) is 7.12. The molecule has 0 unspecified atom stereocenters. The van der Waals surface area contributed by atoms with Crippen LogP contribution in [0.4, 0.5) is 0 Å². The van der Waals surface area contributed by atoms with Crippen molar-refractivity contribution in [1.29, 1.82) is 0 Å². The van der Waals surface area contributed by atoms with Gasteiger partial charge < -0.3 is 4.57 Å². The highest BCUT2D eigenvalue weighted by Crippen LogP contribution is 2.38. The molecule has 0 spiro atoms. The van der Waals surface area contributed by atoms with E-state index in [1.807, 2.05) is 18.3 Å². The van der Waals surface area contributed by atoms with Gasteiger partial charge in [0.2, 0.25) is 5.56 Å². The third-order valence-electron chi connectivity index (χ3n) is 5.57. The maximum Gasteiger partial charge on any atom is 0.266 e. The lowest BCUT2D eigenvalue weighted by molar-refractivity contribution is 0.163. The van der Waals surface area contributed by atoms with E-state index in [1.54, 1.807) is 28.4 Å². The van der Waals surface area contributed by atoms with Crippen molar-refractivity contribution in [3.05, 3.63) is 62.4 Å². The van der Waals surface area contributed by atoms with E-state index in [0.29, 0.717) is 11.8 Å². The molecule has 0 N–H and O–H groups in total. The lowest BCUT2D eigenvalue weighted by Gasteiger charge is -2.32. The van der Waals surface area contributed by atoms with Gasteiger partial charge in [0.1, 0.15) is 0 Å². The molecule has 0 amide bonds. The minimum atomic E-state index is 0.0158. The van der Waals surface area contributed by atoms with Crippen molar-refractivity contribution in [2.45, 2.75) is 44.7 Å². The van der Waals surface area contributed by atoms with Crippen molar-refractivity contribution in [3.8, 4) is 0 Å². The van der Waals surface area contributed by atoms with E-state index in [1.165, 1.54) is 18.4 Å². The van der Waals surface area contributed by atoms with Crippen molar-refractivity contribution in [3.63, 3.8) is 0 Å². The fraction of sp³-hybridized carbons (Fsp3) is 0.550. The van der Waals surface area contributed by atoms with E-state index in [-0.39, 0.29) is 11.1 Å². The van der Waals surface area contributed by atoms with Crippen molar-refractivity contribution in [1.82, 2.24) is 19.2 Å². The number of hydrogen-bond acceptors (Lipinski definition) is 4. The Labute approximate surface area is 153 Å². The number of piperidine rings is 1. The first kappa shape index (κ1) is 17.2. The van der Waals surface area contributed by atoms with E-state index < -0.39 is 0 Å². The van der Waals surface area contributed by atoms with E-state index in [0.717, 1.165) is 44.7 Å². The van der Waals surface area contributed by atoms with Gasteiger partial charge in [-0.3, -0.25) is 14.5 Å². The first-order chi connectivity index (χ1) is 12.6. The van der Waals surface area contributed by atoms with Gasteiger partial charge >= 0.3 is 0 Å². The second-order valence-electron chi connectivity index (χ2n) is 7.76. The van der Waals surface area contributed by atoms with Crippen LogP contribution in [0.3, 0.4) is 0 Å². The molecule has 2 aromatic rings. The molecule has 138 valence electrons. The summed E-state index contributed by atoms with van der Waals surface area (Å²) in [7, 11) is 1.79. The van der Waals surface area contributed by atoms with Crippen LogP contribution in [0.1, 0.15) is 42.9 Å². The lowest BCUT2D eigenvalue weighted by atomic mass is 9.96. The number of nitrogens with zero attached hydrogens (tertiary/aromatic N) is 4. The molecule has 6 nitrogen and oxygen atoms in total. The summed E-state index contributed by atoms with van der Waals surface area (Å²) in [5, 5.41) is 4.59. The Bertz CT molecular complexity index is 889. The van der Waals surface area contributed by atoms with Crippen LogP contribution < -0.4 is 11.1 Å². The molecule has 1 aliphatic carbocycles. The Morgan fingerprint density at radius 2 is 1.73 bits per heavy atom. The molecule has 0 bridgehead atoms. The minimum absolute atomic E-state index is 0.0158. The summed E-state index contributed by atoms with van der Waals surface area (Å²) in [5.74, 6) is 1.08. The van der Waals surface area contributed by atoms with Crippen LogP contribution in [0.15, 0.2) is 40.1 Å². The zero-order chi connectivity index (χ0) is 18.1. The quantitative estimate of drug-likeness (QED) is 0.820. The van der Waals surface area contributed by atoms with Gasteiger partial charge in [0.05, 0.1) is 5.69 Å².